The van der Waals surface area contributed by atoms with E-state index in [4.69, 9.17) is 19.9 Å². The summed E-state index contributed by atoms with van der Waals surface area (Å²) in [6, 6.07) is 13.8. The first-order valence-electron chi connectivity index (χ1n) is 8.98. The summed E-state index contributed by atoms with van der Waals surface area (Å²) in [5.74, 6) is 3.17. The van der Waals surface area contributed by atoms with Gasteiger partial charge in [-0.15, -0.1) is 0 Å². The van der Waals surface area contributed by atoms with Gasteiger partial charge in [0.25, 0.3) is 0 Å². The predicted molar refractivity (Wildman–Crippen MR) is 101 cm³/mol. The molecule has 2 aliphatic heterocycles. The maximum Gasteiger partial charge on any atom is 0.193 e. The van der Waals surface area contributed by atoms with Crippen LogP contribution in [0.25, 0.3) is 0 Å². The summed E-state index contributed by atoms with van der Waals surface area (Å²) in [5.41, 5.74) is 8.12. The fourth-order valence-corrected chi connectivity index (χ4v) is 3.24. The molecule has 0 spiro atoms. The standard InChI is InChI=1S/C20H23N3O3/c21-20(22-13-14-8-11-26-17-5-2-1-4-16(14)17)23-15-6-7-18-19(12-15)25-10-3-9-24-18/h1-2,4-7,12,14H,3,8-11,13H2,(H3,21,22,23). The van der Waals surface area contributed by atoms with E-state index in [-0.39, 0.29) is 0 Å². The zero-order valence-corrected chi connectivity index (χ0v) is 14.6. The van der Waals surface area contributed by atoms with Gasteiger partial charge in [-0.3, -0.25) is 4.99 Å². The van der Waals surface area contributed by atoms with E-state index in [0.29, 0.717) is 38.2 Å². The second kappa shape index (κ2) is 7.56. The van der Waals surface area contributed by atoms with Crippen LogP contribution >= 0.6 is 0 Å². The third-order valence-electron chi connectivity index (χ3n) is 4.58. The van der Waals surface area contributed by atoms with E-state index in [2.05, 4.69) is 16.4 Å². The summed E-state index contributed by atoms with van der Waals surface area (Å²) >= 11 is 0. The molecule has 0 radical (unpaired) electrons. The number of ether oxygens (including phenoxy) is 3. The number of hydrogen-bond donors (Lipinski definition) is 2. The fourth-order valence-electron chi connectivity index (χ4n) is 3.24. The zero-order valence-electron chi connectivity index (χ0n) is 14.6. The minimum Gasteiger partial charge on any atom is -0.493 e. The average Bonchev–Trinajstić information content (AvgIpc) is 2.91. The number of fused-ring (bicyclic) bond motifs is 2. The fraction of sp³-hybridized carbons (Fsp3) is 0.350. The Labute approximate surface area is 153 Å². The number of nitrogens with one attached hydrogen (secondary N) is 1. The molecule has 0 saturated heterocycles. The highest BCUT2D eigenvalue weighted by molar-refractivity contribution is 5.92. The highest BCUT2D eigenvalue weighted by atomic mass is 16.5. The van der Waals surface area contributed by atoms with Crippen molar-refractivity contribution in [2.75, 3.05) is 31.7 Å². The van der Waals surface area contributed by atoms with Crippen molar-refractivity contribution in [3.8, 4) is 17.2 Å². The largest absolute Gasteiger partial charge is 0.493 e. The van der Waals surface area contributed by atoms with Crippen LogP contribution < -0.4 is 25.3 Å². The Balaban J connectivity index is 1.42. The van der Waals surface area contributed by atoms with Gasteiger partial charge in [0.15, 0.2) is 17.5 Å². The lowest BCUT2D eigenvalue weighted by Gasteiger charge is -2.24. The van der Waals surface area contributed by atoms with E-state index < -0.39 is 0 Å². The number of nitrogens with two attached hydrogens (primary N) is 1. The maximum absolute atomic E-state index is 6.09. The van der Waals surface area contributed by atoms with Crippen molar-refractivity contribution in [1.82, 2.24) is 0 Å². The molecule has 0 fully saturated rings. The molecule has 0 amide bonds. The Morgan fingerprint density at radius 1 is 1.00 bits per heavy atom. The molecule has 4 rings (SSSR count). The van der Waals surface area contributed by atoms with Crippen molar-refractivity contribution in [3.05, 3.63) is 48.0 Å². The maximum atomic E-state index is 6.09. The van der Waals surface area contributed by atoms with E-state index in [0.717, 1.165) is 35.8 Å². The second-order valence-electron chi connectivity index (χ2n) is 6.43. The van der Waals surface area contributed by atoms with Crippen LogP contribution in [0.1, 0.15) is 24.3 Å². The molecule has 3 N–H and O–H groups in total. The van der Waals surface area contributed by atoms with Gasteiger partial charge in [0, 0.05) is 30.6 Å². The van der Waals surface area contributed by atoms with Gasteiger partial charge in [-0.05, 0) is 30.2 Å². The number of guanidine groups is 1. The number of benzene rings is 2. The zero-order chi connectivity index (χ0) is 17.8. The topological polar surface area (TPSA) is 78.1 Å². The van der Waals surface area contributed by atoms with Crippen LogP contribution in [0.15, 0.2) is 47.5 Å². The van der Waals surface area contributed by atoms with E-state index in [9.17, 15) is 0 Å². The Kier molecular flexibility index (Phi) is 4.82. The summed E-state index contributed by atoms with van der Waals surface area (Å²) in [5, 5.41) is 3.14. The van der Waals surface area contributed by atoms with Crippen molar-refractivity contribution >= 4 is 11.6 Å². The van der Waals surface area contributed by atoms with Gasteiger partial charge in [-0.25, -0.2) is 0 Å². The number of para-hydroxylation sites is 1. The molecule has 2 aromatic carbocycles. The minimum absolute atomic E-state index is 0.323. The molecular weight excluding hydrogens is 330 g/mol. The molecule has 2 aromatic rings. The van der Waals surface area contributed by atoms with Crippen LogP contribution in [-0.2, 0) is 0 Å². The van der Waals surface area contributed by atoms with E-state index >= 15 is 0 Å². The van der Waals surface area contributed by atoms with Crippen LogP contribution in [0.5, 0.6) is 17.2 Å². The van der Waals surface area contributed by atoms with Gasteiger partial charge in [0.1, 0.15) is 5.75 Å². The van der Waals surface area contributed by atoms with Crippen molar-refractivity contribution in [2.45, 2.75) is 18.8 Å². The molecule has 6 heteroatoms. The Morgan fingerprint density at radius 3 is 2.73 bits per heavy atom. The molecule has 0 bridgehead atoms. The van der Waals surface area contributed by atoms with Crippen molar-refractivity contribution < 1.29 is 14.2 Å². The number of anilines is 1. The summed E-state index contributed by atoms with van der Waals surface area (Å²) < 4.78 is 17.0. The molecular formula is C20H23N3O3. The van der Waals surface area contributed by atoms with Crippen LogP contribution in [0.3, 0.4) is 0 Å². The third kappa shape index (κ3) is 3.69. The molecule has 136 valence electrons. The molecule has 0 aliphatic carbocycles. The normalized spacial score (nSPS) is 19.1. The van der Waals surface area contributed by atoms with Crippen LogP contribution in [0.4, 0.5) is 5.69 Å². The molecule has 6 nitrogen and oxygen atoms in total. The molecule has 2 aliphatic rings. The Bertz CT molecular complexity index is 807. The number of aliphatic imine (C=N–C) groups is 1. The third-order valence-corrected chi connectivity index (χ3v) is 4.58. The van der Waals surface area contributed by atoms with Crippen molar-refractivity contribution in [1.29, 1.82) is 0 Å². The van der Waals surface area contributed by atoms with E-state index in [1.165, 1.54) is 5.56 Å². The molecule has 1 unspecified atom stereocenters. The lowest BCUT2D eigenvalue weighted by atomic mass is 9.93. The minimum atomic E-state index is 0.323. The first-order valence-corrected chi connectivity index (χ1v) is 8.98. The van der Waals surface area contributed by atoms with E-state index in [1.54, 1.807) is 0 Å². The van der Waals surface area contributed by atoms with Gasteiger partial charge in [-0.2, -0.15) is 0 Å². The van der Waals surface area contributed by atoms with Crippen LogP contribution in [0, 0.1) is 0 Å². The SMILES string of the molecule is NC(=NCC1CCOc2ccccc21)Nc1ccc2c(c1)OCCCO2. The molecule has 2 heterocycles. The quantitative estimate of drug-likeness (QED) is 0.655. The van der Waals surface area contributed by atoms with Crippen LogP contribution in [-0.4, -0.2) is 32.3 Å². The summed E-state index contributed by atoms with van der Waals surface area (Å²) in [6.45, 7) is 2.68. The van der Waals surface area contributed by atoms with Crippen LogP contribution in [0.2, 0.25) is 0 Å². The highest BCUT2D eigenvalue weighted by Crippen LogP contribution is 2.34. The monoisotopic (exact) mass is 353 g/mol. The molecule has 1 atom stereocenters. The summed E-state index contributed by atoms with van der Waals surface area (Å²) in [7, 11) is 0. The van der Waals surface area contributed by atoms with Gasteiger partial charge < -0.3 is 25.3 Å². The Morgan fingerprint density at radius 2 is 1.81 bits per heavy atom. The first kappa shape index (κ1) is 16.6. The van der Waals surface area contributed by atoms with Crippen molar-refractivity contribution in [3.63, 3.8) is 0 Å². The van der Waals surface area contributed by atoms with Gasteiger partial charge >= 0.3 is 0 Å². The number of hydrogen-bond acceptors (Lipinski definition) is 4. The van der Waals surface area contributed by atoms with Gasteiger partial charge in [0.2, 0.25) is 0 Å². The summed E-state index contributed by atoms with van der Waals surface area (Å²) in [4.78, 5) is 4.53. The van der Waals surface area contributed by atoms with E-state index in [1.807, 2.05) is 36.4 Å². The predicted octanol–water partition coefficient (Wildman–Crippen LogP) is 3.14. The average molecular weight is 353 g/mol. The Hall–Kier alpha value is -2.89. The van der Waals surface area contributed by atoms with Gasteiger partial charge in [0.05, 0.1) is 19.8 Å². The number of nitrogens with zero attached hydrogens (tertiary/aromatic N) is 1. The molecule has 0 aromatic heterocycles. The number of rotatable bonds is 3. The summed E-state index contributed by atoms with van der Waals surface area (Å²) in [6.07, 6.45) is 1.82. The molecule has 0 saturated carbocycles. The lowest BCUT2D eigenvalue weighted by molar-refractivity contribution is 0.269. The highest BCUT2D eigenvalue weighted by Gasteiger charge is 2.20. The lowest BCUT2D eigenvalue weighted by Crippen LogP contribution is -2.24. The smallest absolute Gasteiger partial charge is 0.193 e. The molecule has 26 heavy (non-hydrogen) atoms. The van der Waals surface area contributed by atoms with Crippen molar-refractivity contribution in [2.24, 2.45) is 10.7 Å². The second-order valence-corrected chi connectivity index (χ2v) is 6.43. The first-order chi connectivity index (χ1) is 12.8. The van der Waals surface area contributed by atoms with Gasteiger partial charge in [-0.1, -0.05) is 18.2 Å².